The largest absolute Gasteiger partial charge is 0.371 e. The molecule has 0 saturated carbocycles. The number of likely N-dealkylation sites (tertiary alicyclic amines) is 2. The molecule has 4 aromatic rings. The standard InChI is InChI=1S/C40H44ClN9O4/c41-32-21-43-40(46-36(32)31-20-42-33-4-2-1-3-28(31)33)44-25-11-18-49(23-25)26-12-14-47(15-13-26)22-24-9-16-48(17-10-24)27-5-6-29-30(19-27)39(54)50(38(29)53)34-7-8-35(51)45-37(34)52/h1-6,19-21,24-26,34,42H,7-18,22-23H2,(H,43,44,46)(H,45,51,52). The van der Waals surface area contributed by atoms with Gasteiger partial charge in [0, 0.05) is 79.6 Å². The number of benzene rings is 2. The molecule has 4 amide bonds. The quantitative estimate of drug-likeness (QED) is 0.220. The van der Waals surface area contributed by atoms with Crippen molar-refractivity contribution in [3.8, 4) is 11.3 Å². The van der Waals surface area contributed by atoms with E-state index in [-0.39, 0.29) is 18.7 Å². The van der Waals surface area contributed by atoms with E-state index in [4.69, 9.17) is 16.6 Å². The maximum Gasteiger partial charge on any atom is 0.262 e. The molecule has 5 aliphatic rings. The van der Waals surface area contributed by atoms with Gasteiger partial charge in [0.25, 0.3) is 11.8 Å². The lowest BCUT2D eigenvalue weighted by Crippen LogP contribution is -2.54. The van der Waals surface area contributed by atoms with Crippen LogP contribution in [-0.2, 0) is 9.59 Å². The van der Waals surface area contributed by atoms with Crippen LogP contribution in [0.15, 0.2) is 54.9 Å². The Balaban J connectivity index is 0.736. The van der Waals surface area contributed by atoms with Crippen LogP contribution in [0, 0.1) is 5.92 Å². The average Bonchev–Trinajstić information content (AvgIpc) is 3.90. The minimum absolute atomic E-state index is 0.107. The fourth-order valence-electron chi connectivity index (χ4n) is 9.17. The van der Waals surface area contributed by atoms with Gasteiger partial charge in [0.1, 0.15) is 6.04 Å². The average molecular weight is 750 g/mol. The number of carbonyl (C=O) groups is 4. The molecule has 0 bridgehead atoms. The number of fused-ring (bicyclic) bond motifs is 2. The first-order chi connectivity index (χ1) is 26.3. The summed E-state index contributed by atoms with van der Waals surface area (Å²) in [7, 11) is 0. The number of hydrogen-bond acceptors (Lipinski definition) is 10. The Kier molecular flexibility index (Phi) is 9.32. The van der Waals surface area contributed by atoms with Gasteiger partial charge in [-0.25, -0.2) is 9.97 Å². The van der Waals surface area contributed by atoms with E-state index in [2.05, 4.69) is 41.4 Å². The predicted molar refractivity (Wildman–Crippen MR) is 205 cm³/mol. The molecule has 2 aromatic heterocycles. The van der Waals surface area contributed by atoms with Crippen LogP contribution < -0.4 is 15.5 Å². The Labute approximate surface area is 318 Å². The number of nitrogens with one attached hydrogen (secondary N) is 3. The Morgan fingerprint density at radius 2 is 1.65 bits per heavy atom. The summed E-state index contributed by atoms with van der Waals surface area (Å²) in [5.41, 5.74) is 4.34. The SMILES string of the molecule is O=C1CCC(N2C(=O)c3ccc(N4CCC(CN5CCC(N6CCC(Nc7ncc(Cl)c(-c8c[nH]c9ccccc89)n7)C6)CC5)CC4)cc3C2=O)C(=O)N1. The van der Waals surface area contributed by atoms with Crippen molar-refractivity contribution >= 4 is 57.8 Å². The molecule has 7 heterocycles. The fourth-order valence-corrected chi connectivity index (χ4v) is 9.37. The van der Waals surface area contributed by atoms with Gasteiger partial charge < -0.3 is 20.1 Å². The second-order valence-corrected chi connectivity index (χ2v) is 15.8. The zero-order chi connectivity index (χ0) is 36.9. The highest BCUT2D eigenvalue weighted by Crippen LogP contribution is 2.34. The summed E-state index contributed by atoms with van der Waals surface area (Å²) in [5.74, 6) is -0.667. The Morgan fingerprint density at radius 1 is 0.852 bits per heavy atom. The van der Waals surface area contributed by atoms with Crippen molar-refractivity contribution in [1.29, 1.82) is 0 Å². The molecule has 280 valence electrons. The molecular formula is C40H44ClN9O4. The van der Waals surface area contributed by atoms with Gasteiger partial charge in [-0.2, -0.15) is 0 Å². The second-order valence-electron chi connectivity index (χ2n) is 15.4. The van der Waals surface area contributed by atoms with E-state index in [1.807, 2.05) is 30.5 Å². The van der Waals surface area contributed by atoms with Crippen LogP contribution in [0.4, 0.5) is 11.6 Å². The van der Waals surface area contributed by atoms with Gasteiger partial charge in [0.05, 0.1) is 28.0 Å². The van der Waals surface area contributed by atoms with Crippen molar-refractivity contribution in [2.75, 3.05) is 56.0 Å². The second kappa shape index (κ2) is 14.4. The van der Waals surface area contributed by atoms with Gasteiger partial charge in [0.2, 0.25) is 17.8 Å². The van der Waals surface area contributed by atoms with Crippen LogP contribution in [0.25, 0.3) is 22.2 Å². The van der Waals surface area contributed by atoms with Crippen molar-refractivity contribution in [2.45, 2.75) is 63.1 Å². The van der Waals surface area contributed by atoms with Crippen molar-refractivity contribution < 1.29 is 19.2 Å². The van der Waals surface area contributed by atoms with Crippen molar-refractivity contribution in [3.63, 3.8) is 0 Å². The van der Waals surface area contributed by atoms with E-state index in [0.29, 0.717) is 40.1 Å². The summed E-state index contributed by atoms with van der Waals surface area (Å²) in [6, 6.07) is 13.5. The molecule has 2 atom stereocenters. The minimum Gasteiger partial charge on any atom is -0.371 e. The molecule has 2 unspecified atom stereocenters. The van der Waals surface area contributed by atoms with Crippen LogP contribution >= 0.6 is 11.6 Å². The van der Waals surface area contributed by atoms with E-state index in [0.717, 1.165) is 97.8 Å². The molecule has 0 radical (unpaired) electrons. The highest BCUT2D eigenvalue weighted by atomic mass is 35.5. The molecule has 4 saturated heterocycles. The molecule has 3 N–H and O–H groups in total. The third-order valence-electron chi connectivity index (χ3n) is 12.1. The van der Waals surface area contributed by atoms with Gasteiger partial charge in [-0.3, -0.25) is 34.3 Å². The van der Waals surface area contributed by atoms with E-state index in [1.165, 1.54) is 12.8 Å². The van der Waals surface area contributed by atoms with Crippen molar-refractivity contribution in [1.82, 2.24) is 35.0 Å². The normalized spacial score (nSPS) is 23.4. The number of amides is 4. The fraction of sp³-hybridized carbons (Fsp3) is 0.450. The van der Waals surface area contributed by atoms with Crippen LogP contribution in [0.2, 0.25) is 5.02 Å². The van der Waals surface area contributed by atoms with Crippen LogP contribution in [0.5, 0.6) is 0 Å². The number of hydrogen-bond donors (Lipinski definition) is 3. The third kappa shape index (κ3) is 6.62. The first-order valence-corrected chi connectivity index (χ1v) is 19.6. The van der Waals surface area contributed by atoms with Crippen molar-refractivity contribution in [3.05, 3.63) is 71.0 Å². The smallest absolute Gasteiger partial charge is 0.262 e. The summed E-state index contributed by atoms with van der Waals surface area (Å²) >= 11 is 6.57. The lowest BCUT2D eigenvalue weighted by molar-refractivity contribution is -0.136. The van der Waals surface area contributed by atoms with Gasteiger partial charge in [0.15, 0.2) is 0 Å². The highest BCUT2D eigenvalue weighted by molar-refractivity contribution is 6.33. The minimum atomic E-state index is -0.954. The van der Waals surface area contributed by atoms with Crippen LogP contribution in [0.3, 0.4) is 0 Å². The zero-order valence-corrected chi connectivity index (χ0v) is 30.9. The summed E-state index contributed by atoms with van der Waals surface area (Å²) in [6.45, 7) is 7.16. The van der Waals surface area contributed by atoms with E-state index in [9.17, 15) is 19.2 Å². The zero-order valence-electron chi connectivity index (χ0n) is 30.1. The summed E-state index contributed by atoms with van der Waals surface area (Å²) in [5, 5.41) is 7.47. The van der Waals surface area contributed by atoms with Crippen molar-refractivity contribution in [2.24, 2.45) is 5.92 Å². The first-order valence-electron chi connectivity index (χ1n) is 19.2. The number of carbonyl (C=O) groups excluding carboxylic acids is 4. The monoisotopic (exact) mass is 749 g/mol. The van der Waals surface area contributed by atoms with E-state index >= 15 is 0 Å². The number of H-pyrrole nitrogens is 1. The lowest BCUT2D eigenvalue weighted by Gasteiger charge is -2.40. The molecule has 2 aromatic carbocycles. The molecular weight excluding hydrogens is 706 g/mol. The van der Waals surface area contributed by atoms with Gasteiger partial charge in [-0.15, -0.1) is 0 Å². The maximum atomic E-state index is 13.3. The lowest BCUT2D eigenvalue weighted by atomic mass is 9.94. The number of rotatable bonds is 8. The van der Waals surface area contributed by atoms with Gasteiger partial charge in [-0.05, 0) is 81.8 Å². The molecule has 9 rings (SSSR count). The summed E-state index contributed by atoms with van der Waals surface area (Å²) < 4.78 is 0. The molecule has 0 aliphatic carbocycles. The third-order valence-corrected chi connectivity index (χ3v) is 12.4. The topological polar surface area (TPSA) is 147 Å². The predicted octanol–water partition coefficient (Wildman–Crippen LogP) is 4.55. The number of aromatic nitrogens is 3. The number of piperidine rings is 3. The molecule has 0 spiro atoms. The Bertz CT molecular complexity index is 2120. The maximum absolute atomic E-state index is 13.3. The number of imide groups is 2. The number of nitrogens with zero attached hydrogens (tertiary/aromatic N) is 6. The van der Waals surface area contributed by atoms with Gasteiger partial charge >= 0.3 is 0 Å². The van der Waals surface area contributed by atoms with Crippen LogP contribution in [-0.4, -0.2) is 117 Å². The van der Waals surface area contributed by atoms with E-state index < -0.39 is 23.8 Å². The van der Waals surface area contributed by atoms with E-state index in [1.54, 1.807) is 18.3 Å². The number of halogens is 1. The highest BCUT2D eigenvalue weighted by Gasteiger charge is 2.45. The number of para-hydroxylation sites is 1. The first kappa shape index (κ1) is 34.9. The Morgan fingerprint density at radius 3 is 2.46 bits per heavy atom. The molecule has 13 nitrogen and oxygen atoms in total. The molecule has 14 heteroatoms. The summed E-state index contributed by atoms with van der Waals surface area (Å²) in [4.78, 5) is 71.8. The molecule has 5 aliphatic heterocycles. The molecule has 54 heavy (non-hydrogen) atoms. The number of aromatic amines is 1. The molecule has 4 fully saturated rings. The number of anilines is 2. The van der Waals surface area contributed by atoms with Crippen LogP contribution in [0.1, 0.15) is 65.7 Å². The summed E-state index contributed by atoms with van der Waals surface area (Å²) in [6.07, 6.45) is 9.45. The Hall–Kier alpha value is -4.85. The van der Waals surface area contributed by atoms with Gasteiger partial charge in [-0.1, -0.05) is 29.8 Å².